The maximum atomic E-state index is 8.71. The van der Waals surface area contributed by atoms with Crippen molar-refractivity contribution in [1.29, 1.82) is 0 Å². The number of amidine groups is 1. The lowest BCUT2D eigenvalue weighted by molar-refractivity contribution is 0.318. The SMILES string of the molecule is N/C(=N\O)c1ccc(-c2cc3c(ccc4ccccc43)o2)cc1. The number of furan rings is 1. The molecule has 4 rings (SSSR count). The minimum absolute atomic E-state index is 0.0900. The summed E-state index contributed by atoms with van der Waals surface area (Å²) in [6, 6.07) is 21.7. The van der Waals surface area contributed by atoms with Crippen LogP contribution in [-0.2, 0) is 0 Å². The quantitative estimate of drug-likeness (QED) is 0.250. The molecule has 0 spiro atoms. The van der Waals surface area contributed by atoms with Crippen LogP contribution in [0.1, 0.15) is 5.56 Å². The van der Waals surface area contributed by atoms with Gasteiger partial charge in [0.15, 0.2) is 5.84 Å². The van der Waals surface area contributed by atoms with Crippen molar-refractivity contribution in [2.24, 2.45) is 10.9 Å². The van der Waals surface area contributed by atoms with E-state index in [1.54, 1.807) is 12.1 Å². The standard InChI is InChI=1S/C19H14N2O2/c20-19(21-22)14-7-5-13(6-8-14)18-11-16-15-4-2-1-3-12(15)9-10-17(16)23-18/h1-11,22H,(H2,20,21). The van der Waals surface area contributed by atoms with Gasteiger partial charge in [0.25, 0.3) is 0 Å². The van der Waals surface area contributed by atoms with Gasteiger partial charge in [-0.15, -0.1) is 0 Å². The molecule has 0 atom stereocenters. The third-order valence-electron chi connectivity index (χ3n) is 4.00. The number of nitrogens with zero attached hydrogens (tertiary/aromatic N) is 1. The highest BCUT2D eigenvalue weighted by Gasteiger charge is 2.09. The van der Waals surface area contributed by atoms with Gasteiger partial charge in [0, 0.05) is 16.5 Å². The Morgan fingerprint density at radius 1 is 0.913 bits per heavy atom. The van der Waals surface area contributed by atoms with Gasteiger partial charge in [-0.25, -0.2) is 0 Å². The first kappa shape index (κ1) is 13.4. The number of rotatable bonds is 2. The molecular formula is C19H14N2O2. The molecule has 1 aromatic heterocycles. The molecular weight excluding hydrogens is 288 g/mol. The number of oxime groups is 1. The van der Waals surface area contributed by atoms with Crippen molar-refractivity contribution in [1.82, 2.24) is 0 Å². The molecule has 0 fully saturated rings. The fourth-order valence-corrected chi connectivity index (χ4v) is 2.80. The molecule has 1 heterocycles. The summed E-state index contributed by atoms with van der Waals surface area (Å²) in [7, 11) is 0. The molecule has 0 amide bonds. The van der Waals surface area contributed by atoms with Crippen LogP contribution in [-0.4, -0.2) is 11.0 Å². The van der Waals surface area contributed by atoms with E-state index >= 15 is 0 Å². The lowest BCUT2D eigenvalue weighted by Crippen LogP contribution is -2.12. The summed E-state index contributed by atoms with van der Waals surface area (Å²) in [5, 5.41) is 15.2. The van der Waals surface area contributed by atoms with Crippen LogP contribution in [0, 0.1) is 0 Å². The van der Waals surface area contributed by atoms with Gasteiger partial charge in [0.05, 0.1) is 0 Å². The number of hydrogen-bond acceptors (Lipinski definition) is 3. The number of fused-ring (bicyclic) bond motifs is 3. The van der Waals surface area contributed by atoms with Crippen molar-refractivity contribution < 1.29 is 9.62 Å². The lowest BCUT2D eigenvalue weighted by atomic mass is 10.1. The maximum Gasteiger partial charge on any atom is 0.170 e. The van der Waals surface area contributed by atoms with Crippen molar-refractivity contribution in [3.63, 3.8) is 0 Å². The zero-order valence-electron chi connectivity index (χ0n) is 12.2. The van der Waals surface area contributed by atoms with E-state index in [0.717, 1.165) is 22.3 Å². The van der Waals surface area contributed by atoms with Crippen LogP contribution in [0.15, 0.2) is 76.3 Å². The topological polar surface area (TPSA) is 71.8 Å². The molecule has 0 aliphatic rings. The summed E-state index contributed by atoms with van der Waals surface area (Å²) in [6.45, 7) is 0. The van der Waals surface area contributed by atoms with Crippen molar-refractivity contribution >= 4 is 27.6 Å². The molecule has 0 aliphatic carbocycles. The van der Waals surface area contributed by atoms with E-state index < -0.39 is 0 Å². The van der Waals surface area contributed by atoms with Crippen molar-refractivity contribution in [3.8, 4) is 11.3 Å². The van der Waals surface area contributed by atoms with Crippen LogP contribution in [0.5, 0.6) is 0 Å². The highest BCUT2D eigenvalue weighted by molar-refractivity contribution is 6.07. The van der Waals surface area contributed by atoms with Gasteiger partial charge in [0.1, 0.15) is 11.3 Å². The number of hydrogen-bond donors (Lipinski definition) is 2. The van der Waals surface area contributed by atoms with Crippen LogP contribution in [0.2, 0.25) is 0 Å². The van der Waals surface area contributed by atoms with E-state index in [4.69, 9.17) is 15.4 Å². The Hall–Kier alpha value is -3.27. The first-order chi connectivity index (χ1) is 11.3. The van der Waals surface area contributed by atoms with E-state index in [-0.39, 0.29) is 5.84 Å². The van der Waals surface area contributed by atoms with Crippen molar-refractivity contribution in [2.45, 2.75) is 0 Å². The molecule has 4 heteroatoms. The second kappa shape index (κ2) is 5.18. The third-order valence-corrected chi connectivity index (χ3v) is 4.00. The molecule has 4 aromatic rings. The zero-order chi connectivity index (χ0) is 15.8. The van der Waals surface area contributed by atoms with Gasteiger partial charge in [-0.3, -0.25) is 0 Å². The molecule has 112 valence electrons. The van der Waals surface area contributed by atoms with Crippen LogP contribution in [0.3, 0.4) is 0 Å². The van der Waals surface area contributed by atoms with Crippen LogP contribution >= 0.6 is 0 Å². The Morgan fingerprint density at radius 3 is 2.48 bits per heavy atom. The normalized spacial score (nSPS) is 12.1. The predicted octanol–water partition coefficient (Wildman–Crippen LogP) is 4.35. The van der Waals surface area contributed by atoms with Crippen molar-refractivity contribution in [3.05, 3.63) is 72.3 Å². The van der Waals surface area contributed by atoms with E-state index in [1.807, 2.05) is 30.3 Å². The maximum absolute atomic E-state index is 8.71. The van der Waals surface area contributed by atoms with Crippen molar-refractivity contribution in [2.75, 3.05) is 0 Å². The van der Waals surface area contributed by atoms with E-state index in [1.165, 1.54) is 10.8 Å². The van der Waals surface area contributed by atoms with E-state index in [9.17, 15) is 0 Å². The zero-order valence-corrected chi connectivity index (χ0v) is 12.2. The fourth-order valence-electron chi connectivity index (χ4n) is 2.80. The van der Waals surface area contributed by atoms with Crippen LogP contribution in [0.4, 0.5) is 0 Å². The largest absolute Gasteiger partial charge is 0.456 e. The predicted molar refractivity (Wildman–Crippen MR) is 91.7 cm³/mol. The van der Waals surface area contributed by atoms with Gasteiger partial charge in [-0.2, -0.15) is 0 Å². The first-order valence-electron chi connectivity index (χ1n) is 7.26. The minimum Gasteiger partial charge on any atom is -0.456 e. The van der Waals surface area contributed by atoms with Gasteiger partial charge in [0.2, 0.25) is 0 Å². The molecule has 0 bridgehead atoms. The molecule has 0 saturated carbocycles. The Morgan fingerprint density at radius 2 is 1.70 bits per heavy atom. The van der Waals surface area contributed by atoms with E-state index in [0.29, 0.717) is 5.56 Å². The average Bonchev–Trinajstić information content (AvgIpc) is 3.06. The Balaban J connectivity index is 1.84. The highest BCUT2D eigenvalue weighted by Crippen LogP contribution is 2.32. The molecule has 0 saturated heterocycles. The first-order valence-corrected chi connectivity index (χ1v) is 7.26. The second-order valence-electron chi connectivity index (χ2n) is 5.37. The minimum atomic E-state index is 0.0900. The summed E-state index contributed by atoms with van der Waals surface area (Å²) in [5.74, 6) is 0.884. The molecule has 3 N–H and O–H groups in total. The third kappa shape index (κ3) is 2.21. The molecule has 0 radical (unpaired) electrons. The Labute approximate surface area is 132 Å². The Kier molecular flexibility index (Phi) is 3.01. The average molecular weight is 302 g/mol. The summed E-state index contributed by atoms with van der Waals surface area (Å²) in [5.41, 5.74) is 8.05. The lowest BCUT2D eigenvalue weighted by Gasteiger charge is -2.00. The van der Waals surface area contributed by atoms with Crippen LogP contribution < -0.4 is 5.73 Å². The summed E-state index contributed by atoms with van der Waals surface area (Å²) < 4.78 is 5.98. The van der Waals surface area contributed by atoms with Gasteiger partial charge < -0.3 is 15.4 Å². The number of benzene rings is 3. The summed E-state index contributed by atoms with van der Waals surface area (Å²) in [4.78, 5) is 0. The van der Waals surface area contributed by atoms with Gasteiger partial charge in [-0.05, 0) is 22.9 Å². The molecule has 0 aliphatic heterocycles. The highest BCUT2D eigenvalue weighted by atomic mass is 16.4. The molecule has 0 unspecified atom stereocenters. The number of nitrogens with two attached hydrogens (primary N) is 1. The molecule has 23 heavy (non-hydrogen) atoms. The smallest absolute Gasteiger partial charge is 0.170 e. The van der Waals surface area contributed by atoms with Crippen LogP contribution in [0.25, 0.3) is 33.1 Å². The van der Waals surface area contributed by atoms with Gasteiger partial charge >= 0.3 is 0 Å². The summed E-state index contributed by atoms with van der Waals surface area (Å²) in [6.07, 6.45) is 0. The Bertz CT molecular complexity index is 1030. The fraction of sp³-hybridized carbons (Fsp3) is 0. The summed E-state index contributed by atoms with van der Waals surface area (Å²) >= 11 is 0. The van der Waals surface area contributed by atoms with E-state index in [2.05, 4.69) is 29.4 Å². The second-order valence-corrected chi connectivity index (χ2v) is 5.37. The molecule has 3 aromatic carbocycles. The monoisotopic (exact) mass is 302 g/mol. The van der Waals surface area contributed by atoms with Gasteiger partial charge in [-0.1, -0.05) is 59.8 Å². The molecule has 4 nitrogen and oxygen atoms in total.